The third-order valence-electron chi connectivity index (χ3n) is 3.44. The summed E-state index contributed by atoms with van der Waals surface area (Å²) in [6.07, 6.45) is 3.87. The van der Waals surface area contributed by atoms with Crippen LogP contribution in [0.5, 0.6) is 11.5 Å². The molecule has 3 aromatic rings. The maximum Gasteiger partial charge on any atom is 0.412 e. The van der Waals surface area contributed by atoms with E-state index in [1.165, 1.54) is 12.5 Å². The molecular weight excluding hydrogens is 336 g/mol. The maximum absolute atomic E-state index is 11.8. The highest BCUT2D eigenvalue weighted by Gasteiger charge is 2.11. The summed E-state index contributed by atoms with van der Waals surface area (Å²) in [5.41, 5.74) is 1.97. The lowest BCUT2D eigenvalue weighted by molar-refractivity contribution is 0.199. The minimum absolute atomic E-state index is 0.0302. The SMILES string of the molecule is CC(C)CNC(=O)Oc1cc(O)cc(-c2cncc(-c3nnco3)c2)c1. The molecule has 1 aromatic carbocycles. The number of carbonyl (C=O) groups is 1. The van der Waals surface area contributed by atoms with Crippen molar-refractivity contribution >= 4 is 6.09 Å². The van der Waals surface area contributed by atoms with E-state index in [9.17, 15) is 9.90 Å². The predicted octanol–water partition coefficient (Wildman–Crippen LogP) is 3.25. The predicted molar refractivity (Wildman–Crippen MR) is 93.5 cm³/mol. The van der Waals surface area contributed by atoms with Gasteiger partial charge in [-0.25, -0.2) is 4.79 Å². The van der Waals surface area contributed by atoms with Crippen LogP contribution in [0.1, 0.15) is 13.8 Å². The van der Waals surface area contributed by atoms with Gasteiger partial charge in [-0.2, -0.15) is 0 Å². The van der Waals surface area contributed by atoms with Gasteiger partial charge in [0.1, 0.15) is 11.5 Å². The third kappa shape index (κ3) is 4.35. The molecule has 2 aromatic heterocycles. The second-order valence-corrected chi connectivity index (χ2v) is 6.09. The first kappa shape index (κ1) is 17.4. The molecule has 0 unspecified atom stereocenters. The van der Waals surface area contributed by atoms with Gasteiger partial charge >= 0.3 is 6.09 Å². The number of phenolic OH excluding ortho intramolecular Hbond substituents is 1. The van der Waals surface area contributed by atoms with E-state index in [0.29, 0.717) is 35.0 Å². The van der Waals surface area contributed by atoms with Gasteiger partial charge in [-0.1, -0.05) is 13.8 Å². The van der Waals surface area contributed by atoms with Crippen molar-refractivity contribution in [1.82, 2.24) is 20.5 Å². The average Bonchev–Trinajstić information content (AvgIpc) is 3.14. The van der Waals surface area contributed by atoms with Gasteiger partial charge in [0, 0.05) is 30.6 Å². The van der Waals surface area contributed by atoms with Gasteiger partial charge in [0.25, 0.3) is 0 Å². The molecule has 0 aliphatic carbocycles. The van der Waals surface area contributed by atoms with Crippen molar-refractivity contribution in [3.8, 4) is 34.1 Å². The Balaban J connectivity index is 1.84. The summed E-state index contributed by atoms with van der Waals surface area (Å²) in [6, 6.07) is 6.35. The Morgan fingerprint density at radius 3 is 2.73 bits per heavy atom. The van der Waals surface area contributed by atoms with Crippen molar-refractivity contribution in [1.29, 1.82) is 0 Å². The van der Waals surface area contributed by atoms with Gasteiger partial charge < -0.3 is 19.6 Å². The summed E-state index contributed by atoms with van der Waals surface area (Å²) < 4.78 is 10.4. The molecule has 2 N–H and O–H groups in total. The second kappa shape index (κ2) is 7.64. The van der Waals surface area contributed by atoms with E-state index in [2.05, 4.69) is 20.5 Å². The molecule has 3 rings (SSSR count). The first-order valence-electron chi connectivity index (χ1n) is 8.03. The van der Waals surface area contributed by atoms with Crippen LogP contribution in [-0.4, -0.2) is 32.9 Å². The number of pyridine rings is 1. The molecule has 2 heterocycles. The molecule has 0 atom stereocenters. The van der Waals surface area contributed by atoms with Gasteiger partial charge in [0.15, 0.2) is 0 Å². The van der Waals surface area contributed by atoms with Crippen LogP contribution in [0, 0.1) is 5.92 Å². The number of rotatable bonds is 5. The highest BCUT2D eigenvalue weighted by atomic mass is 16.6. The van der Waals surface area contributed by atoms with E-state index in [4.69, 9.17) is 9.15 Å². The molecule has 0 fully saturated rings. The number of nitrogens with one attached hydrogen (secondary N) is 1. The fourth-order valence-corrected chi connectivity index (χ4v) is 2.25. The van der Waals surface area contributed by atoms with Crippen LogP contribution < -0.4 is 10.1 Å². The Hall–Kier alpha value is -3.42. The first-order valence-corrected chi connectivity index (χ1v) is 8.03. The summed E-state index contributed by atoms with van der Waals surface area (Å²) in [7, 11) is 0. The summed E-state index contributed by atoms with van der Waals surface area (Å²) >= 11 is 0. The summed E-state index contributed by atoms with van der Waals surface area (Å²) in [6.45, 7) is 4.47. The lowest BCUT2D eigenvalue weighted by Crippen LogP contribution is -2.30. The zero-order chi connectivity index (χ0) is 18.5. The summed E-state index contributed by atoms with van der Waals surface area (Å²) in [5, 5.41) is 20.1. The monoisotopic (exact) mass is 354 g/mol. The number of ether oxygens (including phenoxy) is 1. The Kier molecular flexibility index (Phi) is 5.12. The minimum Gasteiger partial charge on any atom is -0.508 e. The van der Waals surface area contributed by atoms with Gasteiger partial charge in [-0.05, 0) is 29.7 Å². The molecule has 0 saturated heterocycles. The van der Waals surface area contributed by atoms with Gasteiger partial charge in [0.05, 0.1) is 5.56 Å². The van der Waals surface area contributed by atoms with Crippen molar-refractivity contribution in [2.24, 2.45) is 5.92 Å². The number of carbonyl (C=O) groups excluding carboxylic acids is 1. The molecule has 0 saturated carbocycles. The summed E-state index contributed by atoms with van der Waals surface area (Å²) in [5.74, 6) is 0.839. The van der Waals surface area contributed by atoms with Crippen molar-refractivity contribution in [2.45, 2.75) is 13.8 Å². The van der Waals surface area contributed by atoms with E-state index < -0.39 is 6.09 Å². The number of benzene rings is 1. The zero-order valence-electron chi connectivity index (χ0n) is 14.3. The Morgan fingerprint density at radius 1 is 1.19 bits per heavy atom. The fourth-order valence-electron chi connectivity index (χ4n) is 2.25. The number of hydrogen-bond donors (Lipinski definition) is 2. The molecule has 0 radical (unpaired) electrons. The van der Waals surface area contributed by atoms with Crippen LogP contribution in [0.2, 0.25) is 0 Å². The molecule has 0 aliphatic heterocycles. The number of phenols is 1. The van der Waals surface area contributed by atoms with Crippen molar-refractivity contribution < 1.29 is 19.1 Å². The van der Waals surface area contributed by atoms with Crippen LogP contribution in [0.4, 0.5) is 4.79 Å². The lowest BCUT2D eigenvalue weighted by Gasteiger charge is -2.10. The summed E-state index contributed by atoms with van der Waals surface area (Å²) in [4.78, 5) is 16.0. The van der Waals surface area contributed by atoms with Crippen molar-refractivity contribution in [3.05, 3.63) is 43.1 Å². The van der Waals surface area contributed by atoms with Crippen LogP contribution in [0.15, 0.2) is 47.5 Å². The Labute approximate surface area is 149 Å². The van der Waals surface area contributed by atoms with E-state index in [0.717, 1.165) is 0 Å². The van der Waals surface area contributed by atoms with Gasteiger partial charge in [0.2, 0.25) is 12.3 Å². The van der Waals surface area contributed by atoms with E-state index in [1.807, 2.05) is 13.8 Å². The van der Waals surface area contributed by atoms with Crippen LogP contribution in [0.3, 0.4) is 0 Å². The smallest absolute Gasteiger partial charge is 0.412 e. The number of amides is 1. The highest BCUT2D eigenvalue weighted by molar-refractivity contribution is 5.74. The third-order valence-corrected chi connectivity index (χ3v) is 3.44. The molecule has 8 heteroatoms. The Bertz CT molecular complexity index is 894. The molecule has 1 amide bonds. The van der Waals surface area contributed by atoms with Crippen LogP contribution >= 0.6 is 0 Å². The van der Waals surface area contributed by atoms with E-state index in [-0.39, 0.29) is 11.5 Å². The minimum atomic E-state index is -0.576. The molecule has 26 heavy (non-hydrogen) atoms. The highest BCUT2D eigenvalue weighted by Crippen LogP contribution is 2.30. The standard InChI is InChI=1S/C18H18N4O4/c1-11(2)7-20-18(24)26-16-5-12(4-15(23)6-16)13-3-14(9-19-8-13)17-22-21-10-25-17/h3-6,8-11,23H,7H2,1-2H3,(H,20,24). The van der Waals surface area contributed by atoms with Crippen LogP contribution in [0.25, 0.3) is 22.6 Å². The van der Waals surface area contributed by atoms with Crippen molar-refractivity contribution in [3.63, 3.8) is 0 Å². The zero-order valence-corrected chi connectivity index (χ0v) is 14.3. The molecule has 0 spiro atoms. The molecule has 0 bridgehead atoms. The number of nitrogens with zero attached hydrogens (tertiary/aromatic N) is 3. The van der Waals surface area contributed by atoms with E-state index >= 15 is 0 Å². The van der Waals surface area contributed by atoms with Gasteiger partial charge in [-0.3, -0.25) is 4.98 Å². The largest absolute Gasteiger partial charge is 0.508 e. The topological polar surface area (TPSA) is 110 Å². The molecular formula is C18H18N4O4. The molecule has 8 nitrogen and oxygen atoms in total. The van der Waals surface area contributed by atoms with Gasteiger partial charge in [-0.15, -0.1) is 10.2 Å². The second-order valence-electron chi connectivity index (χ2n) is 6.09. The number of aromatic nitrogens is 3. The number of aromatic hydroxyl groups is 1. The fraction of sp³-hybridized carbons (Fsp3) is 0.222. The number of hydrogen-bond acceptors (Lipinski definition) is 7. The molecule has 134 valence electrons. The molecule has 0 aliphatic rings. The van der Waals surface area contributed by atoms with Crippen LogP contribution in [-0.2, 0) is 0 Å². The Morgan fingerprint density at radius 2 is 2.00 bits per heavy atom. The first-order chi connectivity index (χ1) is 12.5. The van der Waals surface area contributed by atoms with E-state index in [1.54, 1.807) is 30.6 Å². The normalized spacial score (nSPS) is 10.7. The quantitative estimate of drug-likeness (QED) is 0.723. The van der Waals surface area contributed by atoms with Crippen molar-refractivity contribution in [2.75, 3.05) is 6.54 Å². The average molecular weight is 354 g/mol. The lowest BCUT2D eigenvalue weighted by atomic mass is 10.1. The maximum atomic E-state index is 11.8.